The molecule has 0 aromatic carbocycles. The third kappa shape index (κ3) is 2.18. The molecule has 7 nitrogen and oxygen atoms in total. The zero-order chi connectivity index (χ0) is 11.4. The molecule has 4 N–H and O–H groups in total. The molecule has 0 radical (unpaired) electrons. The SMILES string of the molecule is CCC(CN)c1[nH]c(=O)[nH]c(=O)c1N=O. The van der Waals surface area contributed by atoms with Gasteiger partial charge in [0.15, 0.2) is 5.69 Å². The zero-order valence-electron chi connectivity index (χ0n) is 8.24. The van der Waals surface area contributed by atoms with Gasteiger partial charge in [-0.05, 0) is 11.6 Å². The van der Waals surface area contributed by atoms with E-state index < -0.39 is 11.2 Å². The minimum atomic E-state index is -0.782. The standard InChI is InChI=1S/C8H12N4O3/c1-2-4(3-9)5-6(12-15)7(13)11-8(14)10-5/h4H,2-3,9H2,1H3,(H2,10,11,13,14). The Morgan fingerprint density at radius 3 is 2.53 bits per heavy atom. The number of nitrogens with two attached hydrogens (primary N) is 1. The molecule has 1 unspecified atom stereocenters. The minimum absolute atomic E-state index is 0.212. The predicted octanol–water partition coefficient (Wildman–Crippen LogP) is -0.0866. The molecular weight excluding hydrogens is 200 g/mol. The van der Waals surface area contributed by atoms with Crippen LogP contribution in [-0.4, -0.2) is 16.5 Å². The van der Waals surface area contributed by atoms with Gasteiger partial charge in [-0.25, -0.2) is 4.79 Å². The van der Waals surface area contributed by atoms with Crippen molar-refractivity contribution in [3.8, 4) is 0 Å². The molecule has 0 aliphatic rings. The van der Waals surface area contributed by atoms with Gasteiger partial charge in [0.2, 0.25) is 0 Å². The Bertz CT molecular complexity index is 458. The topological polar surface area (TPSA) is 121 Å². The molecule has 15 heavy (non-hydrogen) atoms. The van der Waals surface area contributed by atoms with Crippen molar-refractivity contribution < 1.29 is 0 Å². The van der Waals surface area contributed by atoms with Crippen molar-refractivity contribution in [2.75, 3.05) is 6.54 Å². The fourth-order valence-corrected chi connectivity index (χ4v) is 1.37. The fraction of sp³-hybridized carbons (Fsp3) is 0.500. The van der Waals surface area contributed by atoms with Crippen molar-refractivity contribution in [2.24, 2.45) is 10.9 Å². The summed E-state index contributed by atoms with van der Waals surface area (Å²) in [5.41, 5.74) is 3.93. The summed E-state index contributed by atoms with van der Waals surface area (Å²) >= 11 is 0. The molecule has 0 fully saturated rings. The molecule has 0 amide bonds. The van der Waals surface area contributed by atoms with Crippen molar-refractivity contribution in [3.63, 3.8) is 0 Å². The highest BCUT2D eigenvalue weighted by Crippen LogP contribution is 2.21. The van der Waals surface area contributed by atoms with E-state index in [9.17, 15) is 14.5 Å². The van der Waals surface area contributed by atoms with Crippen LogP contribution in [0.15, 0.2) is 14.8 Å². The van der Waals surface area contributed by atoms with E-state index in [-0.39, 0.29) is 23.8 Å². The van der Waals surface area contributed by atoms with Crippen molar-refractivity contribution in [2.45, 2.75) is 19.3 Å². The van der Waals surface area contributed by atoms with Gasteiger partial charge in [0.05, 0.1) is 5.69 Å². The van der Waals surface area contributed by atoms with Crippen LogP contribution in [0.5, 0.6) is 0 Å². The van der Waals surface area contributed by atoms with E-state index in [1.807, 2.05) is 11.9 Å². The number of hydrogen-bond donors (Lipinski definition) is 3. The fourth-order valence-electron chi connectivity index (χ4n) is 1.37. The van der Waals surface area contributed by atoms with E-state index in [0.29, 0.717) is 6.42 Å². The van der Waals surface area contributed by atoms with E-state index >= 15 is 0 Å². The van der Waals surface area contributed by atoms with Gasteiger partial charge in [0.25, 0.3) is 5.56 Å². The highest BCUT2D eigenvalue weighted by atomic mass is 16.3. The maximum absolute atomic E-state index is 11.2. The van der Waals surface area contributed by atoms with Gasteiger partial charge in [0.1, 0.15) is 0 Å². The molecule has 1 aromatic rings. The Morgan fingerprint density at radius 1 is 1.40 bits per heavy atom. The van der Waals surface area contributed by atoms with Gasteiger partial charge in [-0.3, -0.25) is 9.78 Å². The quantitative estimate of drug-likeness (QED) is 0.604. The van der Waals surface area contributed by atoms with Gasteiger partial charge in [-0.1, -0.05) is 6.92 Å². The van der Waals surface area contributed by atoms with Crippen molar-refractivity contribution >= 4 is 5.69 Å². The van der Waals surface area contributed by atoms with E-state index in [1.54, 1.807) is 0 Å². The minimum Gasteiger partial charge on any atom is -0.330 e. The van der Waals surface area contributed by atoms with Crippen LogP contribution in [0.4, 0.5) is 5.69 Å². The van der Waals surface area contributed by atoms with Gasteiger partial charge < -0.3 is 10.7 Å². The lowest BCUT2D eigenvalue weighted by molar-refractivity contribution is 0.647. The first-order chi connectivity index (χ1) is 7.13. The van der Waals surface area contributed by atoms with E-state index in [4.69, 9.17) is 5.73 Å². The third-order valence-corrected chi connectivity index (χ3v) is 2.22. The molecule has 1 aromatic heterocycles. The molecule has 82 valence electrons. The first-order valence-electron chi connectivity index (χ1n) is 4.53. The third-order valence-electron chi connectivity index (χ3n) is 2.22. The molecule has 1 heterocycles. The van der Waals surface area contributed by atoms with E-state index in [1.165, 1.54) is 0 Å². The lowest BCUT2D eigenvalue weighted by atomic mass is 10.0. The summed E-state index contributed by atoms with van der Waals surface area (Å²) in [6, 6.07) is 0. The highest BCUT2D eigenvalue weighted by molar-refractivity contribution is 5.40. The number of nitroso groups, excluding NO2 is 1. The molecule has 0 aliphatic carbocycles. The van der Waals surface area contributed by atoms with Crippen LogP contribution in [0.3, 0.4) is 0 Å². The number of aromatic amines is 2. The number of nitrogens with zero attached hydrogens (tertiary/aromatic N) is 1. The van der Waals surface area contributed by atoms with Gasteiger partial charge in [-0.15, -0.1) is 4.91 Å². The summed E-state index contributed by atoms with van der Waals surface area (Å²) in [5, 5.41) is 2.61. The van der Waals surface area contributed by atoms with Gasteiger partial charge in [-0.2, -0.15) is 0 Å². The largest absolute Gasteiger partial charge is 0.330 e. The smallest absolute Gasteiger partial charge is 0.326 e. The Kier molecular flexibility index (Phi) is 3.51. The lowest BCUT2D eigenvalue weighted by Gasteiger charge is -2.12. The van der Waals surface area contributed by atoms with Crippen LogP contribution in [0, 0.1) is 4.91 Å². The van der Waals surface area contributed by atoms with Gasteiger partial charge in [0, 0.05) is 12.5 Å². The Morgan fingerprint density at radius 2 is 2.07 bits per heavy atom. The second kappa shape index (κ2) is 4.65. The normalized spacial score (nSPS) is 12.4. The van der Waals surface area contributed by atoms with E-state index in [0.717, 1.165) is 0 Å². The average Bonchev–Trinajstić information content (AvgIpc) is 2.19. The molecule has 0 saturated carbocycles. The number of aromatic nitrogens is 2. The molecular formula is C8H12N4O3. The molecule has 7 heteroatoms. The van der Waals surface area contributed by atoms with Crippen LogP contribution < -0.4 is 17.0 Å². The van der Waals surface area contributed by atoms with Crippen LogP contribution in [0.2, 0.25) is 0 Å². The lowest BCUT2D eigenvalue weighted by Crippen LogP contribution is -2.27. The van der Waals surface area contributed by atoms with Crippen LogP contribution >= 0.6 is 0 Å². The number of rotatable bonds is 4. The maximum atomic E-state index is 11.2. The van der Waals surface area contributed by atoms with Crippen LogP contribution in [-0.2, 0) is 0 Å². The first-order valence-corrected chi connectivity index (χ1v) is 4.53. The molecule has 1 rings (SSSR count). The molecule has 0 aliphatic heterocycles. The average molecular weight is 212 g/mol. The summed E-state index contributed by atoms with van der Waals surface area (Å²) in [6.45, 7) is 2.07. The summed E-state index contributed by atoms with van der Waals surface area (Å²) < 4.78 is 0. The number of hydrogen-bond acceptors (Lipinski definition) is 5. The maximum Gasteiger partial charge on any atom is 0.326 e. The first kappa shape index (κ1) is 11.3. The predicted molar refractivity (Wildman–Crippen MR) is 55.2 cm³/mol. The number of H-pyrrole nitrogens is 2. The Labute approximate surface area is 84.7 Å². The molecule has 0 saturated heterocycles. The monoisotopic (exact) mass is 212 g/mol. The second-order valence-corrected chi connectivity index (χ2v) is 3.10. The van der Waals surface area contributed by atoms with Crippen LogP contribution in [0.1, 0.15) is 25.0 Å². The van der Waals surface area contributed by atoms with Crippen LogP contribution in [0.25, 0.3) is 0 Å². The van der Waals surface area contributed by atoms with Gasteiger partial charge >= 0.3 is 5.69 Å². The highest BCUT2D eigenvalue weighted by Gasteiger charge is 2.17. The second-order valence-electron chi connectivity index (χ2n) is 3.10. The zero-order valence-corrected chi connectivity index (χ0v) is 8.24. The van der Waals surface area contributed by atoms with Crippen molar-refractivity contribution in [1.29, 1.82) is 0 Å². The molecule has 0 spiro atoms. The summed E-state index contributed by atoms with van der Waals surface area (Å²) in [4.78, 5) is 37.0. The van der Waals surface area contributed by atoms with Crippen molar-refractivity contribution in [1.82, 2.24) is 9.97 Å². The summed E-state index contributed by atoms with van der Waals surface area (Å²) in [7, 11) is 0. The number of nitrogens with one attached hydrogen (secondary N) is 2. The van der Waals surface area contributed by atoms with Crippen molar-refractivity contribution in [3.05, 3.63) is 31.4 Å². The molecule has 1 atom stereocenters. The Balaban J connectivity index is 3.44. The summed E-state index contributed by atoms with van der Waals surface area (Å²) in [6.07, 6.45) is 0.610. The molecule has 0 bridgehead atoms. The Hall–Kier alpha value is -1.76. The van der Waals surface area contributed by atoms with E-state index in [2.05, 4.69) is 10.2 Å². The summed E-state index contributed by atoms with van der Waals surface area (Å²) in [5.74, 6) is -0.243.